The van der Waals surface area contributed by atoms with Crippen molar-refractivity contribution in [2.45, 2.75) is 19.3 Å². The Morgan fingerprint density at radius 2 is 1.58 bits per heavy atom. The number of carbonyl (C=O) groups excluding carboxylic acids is 2. The van der Waals surface area contributed by atoms with Crippen LogP contribution >= 0.6 is 12.2 Å². The van der Waals surface area contributed by atoms with Gasteiger partial charge in [0.1, 0.15) is 0 Å². The molecule has 1 fully saturated rings. The van der Waals surface area contributed by atoms with E-state index in [9.17, 15) is 9.59 Å². The summed E-state index contributed by atoms with van der Waals surface area (Å²) in [4.78, 5) is 27.0. The molecule has 7 heteroatoms. The Bertz CT molecular complexity index is 1250. The quantitative estimate of drug-likeness (QED) is 0.225. The summed E-state index contributed by atoms with van der Waals surface area (Å²) in [6, 6.07) is 21.0. The van der Waals surface area contributed by atoms with Crippen molar-refractivity contribution in [2.24, 2.45) is 0 Å². The van der Waals surface area contributed by atoms with Crippen LogP contribution in [0, 0.1) is 0 Å². The molecule has 1 saturated heterocycles. The average Bonchev–Trinajstić information content (AvgIpc) is 3.16. The summed E-state index contributed by atoms with van der Waals surface area (Å²) >= 11 is 4.06. The summed E-state index contributed by atoms with van der Waals surface area (Å²) in [6.45, 7) is 4.48. The van der Waals surface area contributed by atoms with Crippen LogP contribution < -0.4 is 15.5 Å². The molecule has 3 heterocycles. The van der Waals surface area contributed by atoms with Crippen LogP contribution in [0.25, 0.3) is 6.08 Å². The van der Waals surface area contributed by atoms with Crippen molar-refractivity contribution in [3.8, 4) is 0 Å². The van der Waals surface area contributed by atoms with E-state index >= 15 is 0 Å². The molecule has 0 unspecified atom stereocenters. The number of anilines is 3. The number of hydrogen-bond acceptors (Lipinski definition) is 4. The first kappa shape index (κ1) is 20.2. The van der Waals surface area contributed by atoms with E-state index in [1.54, 1.807) is 6.08 Å². The number of carbonyl (C=O) groups is 2. The van der Waals surface area contributed by atoms with Gasteiger partial charge in [-0.2, -0.15) is 0 Å². The molecular formula is C24H19N3O2STe. The van der Waals surface area contributed by atoms with Gasteiger partial charge in [-0.15, -0.1) is 0 Å². The van der Waals surface area contributed by atoms with Gasteiger partial charge in [0, 0.05) is 0 Å². The second-order valence-corrected chi connectivity index (χ2v) is 11.4. The van der Waals surface area contributed by atoms with E-state index in [0.717, 1.165) is 9.27 Å². The third kappa shape index (κ3) is 3.34. The molecule has 31 heavy (non-hydrogen) atoms. The third-order valence-electron chi connectivity index (χ3n) is 5.67. The van der Waals surface area contributed by atoms with Gasteiger partial charge in [0.15, 0.2) is 0 Å². The zero-order valence-corrected chi connectivity index (χ0v) is 20.1. The first-order valence-corrected chi connectivity index (χ1v) is 12.6. The van der Waals surface area contributed by atoms with Crippen LogP contribution in [0.5, 0.6) is 0 Å². The number of hydrogen-bond donors (Lipinski definition) is 2. The van der Waals surface area contributed by atoms with Gasteiger partial charge in [-0.1, -0.05) is 0 Å². The van der Waals surface area contributed by atoms with Crippen molar-refractivity contribution in [3.05, 3.63) is 80.9 Å². The van der Waals surface area contributed by atoms with Crippen LogP contribution in [0.1, 0.15) is 28.6 Å². The number of nitrogens with zero attached hydrogens (tertiary/aromatic N) is 1. The van der Waals surface area contributed by atoms with Gasteiger partial charge < -0.3 is 0 Å². The second-order valence-electron chi connectivity index (χ2n) is 7.98. The normalized spacial score (nSPS) is 16.9. The summed E-state index contributed by atoms with van der Waals surface area (Å²) in [5, 5.41) is 5.08. The standard InChI is InChI=1S/C24H19N3O2STe/c1-24(2)17-10-6-7-11-19(17)27(14-8-4-3-5-9-14)22-18(24)13-15(31-22)12-16-20(28)25-23(30)26-21(16)29/h3-13H,1-2H3,(H2,25,26,28,29,30). The molecule has 1 aromatic heterocycles. The number of amides is 2. The molecule has 2 aromatic carbocycles. The fourth-order valence-corrected chi connectivity index (χ4v) is 8.00. The maximum absolute atomic E-state index is 12.3. The van der Waals surface area contributed by atoms with Gasteiger partial charge in [0.05, 0.1) is 0 Å². The van der Waals surface area contributed by atoms with E-state index in [-0.39, 0.29) is 16.1 Å². The predicted molar refractivity (Wildman–Crippen MR) is 127 cm³/mol. The Hall–Kier alpha value is -2.72. The Kier molecular flexibility index (Phi) is 4.86. The van der Waals surface area contributed by atoms with Gasteiger partial charge in [0.25, 0.3) is 0 Å². The molecule has 5 rings (SSSR count). The molecule has 2 aliphatic heterocycles. The van der Waals surface area contributed by atoms with Crippen molar-refractivity contribution in [2.75, 3.05) is 4.90 Å². The Morgan fingerprint density at radius 3 is 2.29 bits per heavy atom. The summed E-state index contributed by atoms with van der Waals surface area (Å²) in [6.07, 6.45) is 1.73. The zero-order valence-electron chi connectivity index (χ0n) is 16.9. The number of fused-ring (bicyclic) bond motifs is 2. The fraction of sp³-hybridized carbons (Fsp3) is 0.125. The molecule has 5 nitrogen and oxygen atoms in total. The third-order valence-corrected chi connectivity index (χ3v) is 8.92. The molecule has 154 valence electrons. The van der Waals surface area contributed by atoms with E-state index in [4.69, 9.17) is 12.2 Å². The van der Waals surface area contributed by atoms with Crippen LogP contribution in [0.15, 0.2) is 66.2 Å². The first-order valence-electron chi connectivity index (χ1n) is 9.83. The Balaban J connectivity index is 1.69. The number of thiocarbonyl (C=S) groups is 1. The molecule has 0 aliphatic carbocycles. The fourth-order valence-electron chi connectivity index (χ4n) is 4.12. The minimum absolute atomic E-state index is 0.0493. The molecule has 0 saturated carbocycles. The van der Waals surface area contributed by atoms with E-state index < -0.39 is 32.2 Å². The van der Waals surface area contributed by atoms with Crippen molar-refractivity contribution < 1.29 is 9.59 Å². The van der Waals surface area contributed by atoms with Gasteiger partial charge in [-0.25, -0.2) is 0 Å². The van der Waals surface area contributed by atoms with Crippen LogP contribution in [-0.4, -0.2) is 37.4 Å². The average molecular weight is 541 g/mol. The molecule has 0 atom stereocenters. The monoisotopic (exact) mass is 543 g/mol. The number of nitrogens with one attached hydrogen (secondary N) is 2. The second kappa shape index (κ2) is 7.45. The number of rotatable bonds is 2. The molecule has 0 spiro atoms. The Morgan fingerprint density at radius 1 is 0.935 bits per heavy atom. The summed E-state index contributed by atoms with van der Waals surface area (Å²) in [5.41, 5.74) is 4.73. The summed E-state index contributed by atoms with van der Waals surface area (Å²) < 4.78 is 2.34. The summed E-state index contributed by atoms with van der Waals surface area (Å²) in [7, 11) is 0. The van der Waals surface area contributed by atoms with E-state index in [0.29, 0.717) is 0 Å². The SMILES string of the molecule is CC1(C)c2ccccc2N(c2ccccc2)c2[te]c(C=C3C(=O)NC(=S)NC3=O)cc21. The first-order chi connectivity index (χ1) is 14.9. The number of para-hydroxylation sites is 2. The van der Waals surface area contributed by atoms with Crippen molar-refractivity contribution >= 4 is 70.7 Å². The van der Waals surface area contributed by atoms with Crippen molar-refractivity contribution in [3.63, 3.8) is 0 Å². The van der Waals surface area contributed by atoms with E-state index in [1.807, 2.05) is 18.2 Å². The number of benzene rings is 2. The minimum atomic E-state index is -0.842. The summed E-state index contributed by atoms with van der Waals surface area (Å²) in [5.74, 6) is -0.899. The van der Waals surface area contributed by atoms with Gasteiger partial charge in [-0.3, -0.25) is 0 Å². The molecule has 3 aromatic rings. The molecule has 2 amide bonds. The van der Waals surface area contributed by atoms with Crippen LogP contribution in [0.3, 0.4) is 0 Å². The molecule has 2 N–H and O–H groups in total. The van der Waals surface area contributed by atoms with Gasteiger partial charge in [-0.05, 0) is 0 Å². The van der Waals surface area contributed by atoms with Gasteiger partial charge in [0.2, 0.25) is 0 Å². The van der Waals surface area contributed by atoms with Crippen molar-refractivity contribution in [1.29, 1.82) is 0 Å². The topological polar surface area (TPSA) is 61.4 Å². The predicted octanol–water partition coefficient (Wildman–Crippen LogP) is 3.77. The van der Waals surface area contributed by atoms with Crippen LogP contribution in [-0.2, 0) is 15.0 Å². The molecule has 0 bridgehead atoms. The van der Waals surface area contributed by atoms with Crippen LogP contribution in [0.4, 0.5) is 15.1 Å². The van der Waals surface area contributed by atoms with E-state index in [1.165, 1.54) is 20.5 Å². The maximum atomic E-state index is 12.3. The van der Waals surface area contributed by atoms with Crippen molar-refractivity contribution in [1.82, 2.24) is 10.6 Å². The van der Waals surface area contributed by atoms with E-state index in [2.05, 4.69) is 71.8 Å². The van der Waals surface area contributed by atoms with Crippen LogP contribution in [0.2, 0.25) is 0 Å². The van der Waals surface area contributed by atoms with Gasteiger partial charge >= 0.3 is 196 Å². The Labute approximate surface area is 195 Å². The zero-order chi connectivity index (χ0) is 21.8. The molecule has 0 radical (unpaired) electrons. The molecular weight excluding hydrogens is 522 g/mol. The molecule has 2 aliphatic rings.